The molecule has 0 aromatic carbocycles. The average molecular weight is 340 g/mol. The van der Waals surface area contributed by atoms with E-state index in [2.05, 4.69) is 40.3 Å². The number of hydrogen-bond acceptors (Lipinski definition) is 9. The molecule has 1 saturated heterocycles. The van der Waals surface area contributed by atoms with Crippen LogP contribution < -0.4 is 10.2 Å². The Kier molecular flexibility index (Phi) is 3.99. The lowest BCUT2D eigenvalue weighted by atomic mass is 10.1. The van der Waals surface area contributed by atoms with Gasteiger partial charge in [0, 0.05) is 25.0 Å². The molecule has 0 unspecified atom stereocenters. The van der Waals surface area contributed by atoms with Crippen LogP contribution in [0.5, 0.6) is 0 Å². The predicted octanol–water partition coefficient (Wildman–Crippen LogP) is 2.51. The predicted molar refractivity (Wildman–Crippen MR) is 91.3 cm³/mol. The summed E-state index contributed by atoms with van der Waals surface area (Å²) in [7, 11) is 0. The molecule has 3 aromatic rings. The topological polar surface area (TPSA) is 92.6 Å². The normalized spacial score (nSPS) is 17.2. The van der Waals surface area contributed by atoms with Crippen molar-refractivity contribution < 1.29 is 0 Å². The summed E-state index contributed by atoms with van der Waals surface area (Å²) >= 11 is 1.43. The molecule has 24 heavy (non-hydrogen) atoms. The van der Waals surface area contributed by atoms with E-state index in [1.54, 1.807) is 17.9 Å². The monoisotopic (exact) mass is 340 g/mol. The smallest absolute Gasteiger partial charge is 0.225 e. The molecule has 4 rings (SSSR count). The van der Waals surface area contributed by atoms with Crippen molar-refractivity contribution in [3.63, 3.8) is 0 Å². The summed E-state index contributed by atoms with van der Waals surface area (Å²) in [6.45, 7) is 2.82. The van der Waals surface area contributed by atoms with Gasteiger partial charge in [-0.05, 0) is 25.8 Å². The van der Waals surface area contributed by atoms with Gasteiger partial charge in [0.15, 0.2) is 0 Å². The molecule has 1 aliphatic rings. The van der Waals surface area contributed by atoms with Gasteiger partial charge in [0.25, 0.3) is 0 Å². The fraction of sp³-hybridized carbons (Fsp3) is 0.333. The molecule has 4 heterocycles. The number of aryl methyl sites for hydroxylation is 1. The lowest BCUT2D eigenvalue weighted by Crippen LogP contribution is -2.25. The van der Waals surface area contributed by atoms with Crippen molar-refractivity contribution >= 4 is 28.2 Å². The van der Waals surface area contributed by atoms with E-state index in [-0.39, 0.29) is 6.04 Å². The Morgan fingerprint density at radius 1 is 1.25 bits per heavy atom. The van der Waals surface area contributed by atoms with Crippen LogP contribution in [0.1, 0.15) is 30.4 Å². The Balaban J connectivity index is 1.64. The Hall–Kier alpha value is -2.68. The first kappa shape index (κ1) is 14.9. The van der Waals surface area contributed by atoms with Crippen molar-refractivity contribution in [2.24, 2.45) is 0 Å². The third-order valence-electron chi connectivity index (χ3n) is 3.86. The number of hydrogen-bond donors (Lipinski definition) is 1. The van der Waals surface area contributed by atoms with Crippen LogP contribution in [0, 0.1) is 6.92 Å². The first-order valence-corrected chi connectivity index (χ1v) is 8.60. The second kappa shape index (κ2) is 6.44. The molecule has 1 atom stereocenters. The first-order valence-electron chi connectivity index (χ1n) is 7.72. The third-order valence-corrected chi connectivity index (χ3v) is 4.46. The van der Waals surface area contributed by atoms with Gasteiger partial charge in [0.2, 0.25) is 11.1 Å². The highest BCUT2D eigenvalue weighted by molar-refractivity contribution is 7.13. The quantitative estimate of drug-likeness (QED) is 0.774. The maximum atomic E-state index is 4.64. The summed E-state index contributed by atoms with van der Waals surface area (Å²) < 4.78 is 0. The first-order chi connectivity index (χ1) is 11.8. The Bertz CT molecular complexity index is 808. The van der Waals surface area contributed by atoms with Crippen molar-refractivity contribution in [1.29, 1.82) is 0 Å². The highest BCUT2D eigenvalue weighted by Gasteiger charge is 2.29. The third kappa shape index (κ3) is 3.02. The van der Waals surface area contributed by atoms with E-state index in [9.17, 15) is 0 Å². The van der Waals surface area contributed by atoms with E-state index in [0.717, 1.165) is 42.7 Å². The van der Waals surface area contributed by atoms with Crippen LogP contribution in [-0.2, 0) is 0 Å². The van der Waals surface area contributed by atoms with Crippen LogP contribution in [0.15, 0.2) is 30.0 Å². The van der Waals surface area contributed by atoms with Gasteiger partial charge < -0.3 is 10.2 Å². The van der Waals surface area contributed by atoms with Crippen molar-refractivity contribution in [2.75, 3.05) is 16.8 Å². The minimum absolute atomic E-state index is 0.157. The van der Waals surface area contributed by atoms with E-state index in [1.165, 1.54) is 11.3 Å². The molecule has 0 radical (unpaired) electrons. The van der Waals surface area contributed by atoms with E-state index in [1.807, 2.05) is 19.1 Å². The van der Waals surface area contributed by atoms with Crippen molar-refractivity contribution in [3.8, 4) is 0 Å². The Morgan fingerprint density at radius 3 is 2.92 bits per heavy atom. The van der Waals surface area contributed by atoms with Crippen LogP contribution in [-0.4, -0.2) is 36.7 Å². The SMILES string of the molecule is Cc1nc(Nc2nncs2)cc([C@@H]2CCCN2c2ncccn2)n1. The van der Waals surface area contributed by atoms with Gasteiger partial charge in [0.1, 0.15) is 17.2 Å². The molecule has 0 amide bonds. The van der Waals surface area contributed by atoms with Crippen molar-refractivity contribution in [1.82, 2.24) is 30.1 Å². The molecule has 0 saturated carbocycles. The van der Waals surface area contributed by atoms with Crippen LogP contribution in [0.3, 0.4) is 0 Å². The molecule has 1 N–H and O–H groups in total. The molecular weight excluding hydrogens is 324 g/mol. The summed E-state index contributed by atoms with van der Waals surface area (Å²) in [5.74, 6) is 2.20. The molecule has 122 valence electrons. The minimum atomic E-state index is 0.157. The molecule has 1 fully saturated rings. The van der Waals surface area contributed by atoms with Gasteiger partial charge in [0.05, 0.1) is 11.7 Å². The lowest BCUT2D eigenvalue weighted by molar-refractivity contribution is 0.673. The molecule has 3 aromatic heterocycles. The molecule has 0 spiro atoms. The number of nitrogens with one attached hydrogen (secondary N) is 1. The summed E-state index contributed by atoms with van der Waals surface area (Å²) in [6, 6.07) is 3.96. The van der Waals surface area contributed by atoms with Crippen LogP contribution in [0.2, 0.25) is 0 Å². The van der Waals surface area contributed by atoms with E-state index in [4.69, 9.17) is 0 Å². The van der Waals surface area contributed by atoms with Gasteiger partial charge in [-0.25, -0.2) is 19.9 Å². The maximum Gasteiger partial charge on any atom is 0.225 e. The summed E-state index contributed by atoms with van der Waals surface area (Å²) in [5, 5.41) is 11.7. The minimum Gasteiger partial charge on any atom is -0.332 e. The van der Waals surface area contributed by atoms with Crippen LogP contribution >= 0.6 is 11.3 Å². The number of anilines is 3. The van der Waals surface area contributed by atoms with Gasteiger partial charge in [-0.2, -0.15) is 0 Å². The van der Waals surface area contributed by atoms with Crippen molar-refractivity contribution in [3.05, 3.63) is 41.6 Å². The number of rotatable bonds is 4. The van der Waals surface area contributed by atoms with E-state index in [0.29, 0.717) is 5.13 Å². The summed E-state index contributed by atoms with van der Waals surface area (Å²) in [6.07, 6.45) is 5.65. The average Bonchev–Trinajstić information content (AvgIpc) is 3.26. The zero-order valence-electron chi connectivity index (χ0n) is 13.1. The number of aromatic nitrogens is 6. The second-order valence-corrected chi connectivity index (χ2v) is 6.33. The highest BCUT2D eigenvalue weighted by Crippen LogP contribution is 2.34. The molecule has 1 aliphatic heterocycles. The van der Waals surface area contributed by atoms with E-state index >= 15 is 0 Å². The summed E-state index contributed by atoms with van der Waals surface area (Å²) in [4.78, 5) is 20.1. The fourth-order valence-electron chi connectivity index (χ4n) is 2.92. The van der Waals surface area contributed by atoms with E-state index < -0.39 is 0 Å². The van der Waals surface area contributed by atoms with Crippen molar-refractivity contribution in [2.45, 2.75) is 25.8 Å². The standard InChI is InChI=1S/C15H16N8S/c1-10-19-11(8-13(20-10)21-15-22-18-9-24-15)12-4-2-7-23(12)14-16-5-3-6-17-14/h3,5-6,8-9,12H,2,4,7H2,1H3,(H,19,20,21,22)/t12-/m0/s1. The van der Waals surface area contributed by atoms with Gasteiger partial charge >= 0.3 is 0 Å². The lowest BCUT2D eigenvalue weighted by Gasteiger charge is -2.24. The zero-order chi connectivity index (χ0) is 16.4. The van der Waals surface area contributed by atoms with Gasteiger partial charge in [-0.3, -0.25) is 0 Å². The number of nitrogens with zero attached hydrogens (tertiary/aromatic N) is 7. The van der Waals surface area contributed by atoms with Crippen LogP contribution in [0.25, 0.3) is 0 Å². The largest absolute Gasteiger partial charge is 0.332 e. The molecule has 9 heteroatoms. The van der Waals surface area contributed by atoms with Gasteiger partial charge in [-0.15, -0.1) is 10.2 Å². The van der Waals surface area contributed by atoms with Crippen LogP contribution in [0.4, 0.5) is 16.9 Å². The molecule has 0 aliphatic carbocycles. The maximum absolute atomic E-state index is 4.64. The van der Waals surface area contributed by atoms with Gasteiger partial charge in [-0.1, -0.05) is 11.3 Å². The fourth-order valence-corrected chi connectivity index (χ4v) is 3.37. The molecule has 8 nitrogen and oxygen atoms in total. The Labute approximate surface area is 143 Å². The second-order valence-electron chi connectivity index (χ2n) is 5.49. The zero-order valence-corrected chi connectivity index (χ0v) is 13.9. The molecular formula is C15H16N8S. The Morgan fingerprint density at radius 2 is 2.12 bits per heavy atom. The molecule has 0 bridgehead atoms. The highest BCUT2D eigenvalue weighted by atomic mass is 32.1. The summed E-state index contributed by atoms with van der Waals surface area (Å²) in [5.41, 5.74) is 2.66.